The number of fused-ring (bicyclic) bond motifs is 5. The summed E-state index contributed by atoms with van der Waals surface area (Å²) in [5.41, 5.74) is 12.3. The van der Waals surface area contributed by atoms with Crippen molar-refractivity contribution in [1.29, 1.82) is 0 Å². The van der Waals surface area contributed by atoms with E-state index in [1.165, 1.54) is 5.56 Å². The Morgan fingerprint density at radius 2 is 1.90 bits per heavy atom. The van der Waals surface area contributed by atoms with Crippen LogP contribution in [-0.4, -0.2) is 20.4 Å². The summed E-state index contributed by atoms with van der Waals surface area (Å²) >= 11 is 0. The summed E-state index contributed by atoms with van der Waals surface area (Å²) in [7, 11) is 0. The Hall–Kier alpha value is -2.99. The number of anilines is 1. The fourth-order valence-corrected chi connectivity index (χ4v) is 5.73. The predicted octanol–water partition coefficient (Wildman–Crippen LogP) is 2.61. The molecule has 2 aromatic heterocycles. The summed E-state index contributed by atoms with van der Waals surface area (Å²) in [4.78, 5) is 30.9. The van der Waals surface area contributed by atoms with Crippen LogP contribution in [-0.2, 0) is 36.2 Å². The van der Waals surface area contributed by atoms with Crippen LogP contribution in [0.4, 0.5) is 5.69 Å². The van der Waals surface area contributed by atoms with Gasteiger partial charge in [0, 0.05) is 34.2 Å². The highest BCUT2D eigenvalue weighted by atomic mass is 16.3. The lowest BCUT2D eigenvalue weighted by atomic mass is 9.77. The molecule has 30 heavy (non-hydrogen) atoms. The van der Waals surface area contributed by atoms with E-state index in [-0.39, 0.29) is 24.2 Å². The highest BCUT2D eigenvalue weighted by Gasteiger charge is 2.43. The first-order chi connectivity index (χ1) is 14.4. The van der Waals surface area contributed by atoms with Crippen molar-refractivity contribution < 1.29 is 9.90 Å². The van der Waals surface area contributed by atoms with Crippen molar-refractivity contribution in [1.82, 2.24) is 9.55 Å². The van der Waals surface area contributed by atoms with Gasteiger partial charge in [0.2, 0.25) is 0 Å². The van der Waals surface area contributed by atoms with Crippen molar-refractivity contribution in [3.63, 3.8) is 0 Å². The van der Waals surface area contributed by atoms with Crippen molar-refractivity contribution >= 4 is 22.4 Å². The first kappa shape index (κ1) is 17.8. The van der Waals surface area contributed by atoms with Gasteiger partial charge in [0.25, 0.3) is 5.56 Å². The van der Waals surface area contributed by atoms with Gasteiger partial charge in [0.05, 0.1) is 23.4 Å². The molecule has 0 bridgehead atoms. The van der Waals surface area contributed by atoms with E-state index in [9.17, 15) is 14.7 Å². The van der Waals surface area contributed by atoms with E-state index in [1.807, 2.05) is 18.2 Å². The number of aliphatic hydroxyl groups is 1. The minimum atomic E-state index is -1.59. The predicted molar refractivity (Wildman–Crippen MR) is 114 cm³/mol. The maximum absolute atomic E-state index is 13.4. The molecule has 3 aromatic rings. The maximum Gasteiger partial charge on any atom is 0.254 e. The van der Waals surface area contributed by atoms with E-state index in [1.54, 1.807) is 11.5 Å². The number of aromatic nitrogens is 2. The third kappa shape index (κ3) is 2.04. The first-order valence-electron chi connectivity index (χ1n) is 10.7. The number of nitrogen functional groups attached to an aromatic ring is 1. The SMILES string of the molecule is CCC1(O)C(=O)CCc2c1cc1n(c2=O)Cc2c-1nc1ccc(N)c3c1c2CCC3. The number of nitrogens with two attached hydrogens (primary N) is 1. The lowest BCUT2D eigenvalue weighted by Gasteiger charge is -2.32. The Morgan fingerprint density at radius 1 is 1.10 bits per heavy atom. The Balaban J connectivity index is 1.68. The Kier molecular flexibility index (Phi) is 3.44. The molecule has 0 fully saturated rings. The number of aryl methyl sites for hydroxylation is 2. The van der Waals surface area contributed by atoms with Crippen molar-refractivity contribution in [2.75, 3.05) is 5.73 Å². The van der Waals surface area contributed by atoms with Gasteiger partial charge in [-0.25, -0.2) is 4.98 Å². The maximum atomic E-state index is 13.4. The summed E-state index contributed by atoms with van der Waals surface area (Å²) in [5.74, 6) is -0.207. The molecule has 0 amide bonds. The molecular weight excluding hydrogens is 378 g/mol. The molecule has 1 atom stereocenters. The number of hydrogen-bond donors (Lipinski definition) is 2. The van der Waals surface area contributed by atoms with E-state index < -0.39 is 5.60 Å². The summed E-state index contributed by atoms with van der Waals surface area (Å²) in [6.07, 6.45) is 3.76. The summed E-state index contributed by atoms with van der Waals surface area (Å²) in [5, 5.41) is 12.3. The second-order valence-electron chi connectivity index (χ2n) is 8.75. The molecule has 1 aliphatic heterocycles. The molecule has 3 heterocycles. The number of pyridine rings is 2. The number of ketones is 1. The number of carbonyl (C=O) groups is 1. The molecule has 0 radical (unpaired) electrons. The van der Waals surface area contributed by atoms with Gasteiger partial charge < -0.3 is 15.4 Å². The second-order valence-corrected chi connectivity index (χ2v) is 8.75. The molecule has 0 saturated heterocycles. The quantitative estimate of drug-likeness (QED) is 0.478. The Morgan fingerprint density at radius 3 is 2.70 bits per heavy atom. The van der Waals surface area contributed by atoms with Crippen LogP contribution < -0.4 is 11.3 Å². The van der Waals surface area contributed by atoms with Crippen molar-refractivity contribution in [2.24, 2.45) is 0 Å². The fraction of sp³-hybridized carbons (Fsp3) is 0.375. The molecule has 0 saturated carbocycles. The molecule has 152 valence electrons. The van der Waals surface area contributed by atoms with Gasteiger partial charge in [0.15, 0.2) is 5.78 Å². The van der Waals surface area contributed by atoms with Crippen LogP contribution in [0.2, 0.25) is 0 Å². The average Bonchev–Trinajstić information content (AvgIpc) is 3.13. The zero-order valence-electron chi connectivity index (χ0n) is 16.9. The topological polar surface area (TPSA) is 98.2 Å². The van der Waals surface area contributed by atoms with Gasteiger partial charge in [0.1, 0.15) is 5.60 Å². The van der Waals surface area contributed by atoms with Gasteiger partial charge in [-0.2, -0.15) is 0 Å². The molecule has 2 aliphatic carbocycles. The third-order valence-electron chi connectivity index (χ3n) is 7.34. The van der Waals surface area contributed by atoms with Crippen LogP contribution in [0, 0.1) is 0 Å². The van der Waals surface area contributed by atoms with Crippen LogP contribution >= 0.6 is 0 Å². The molecule has 6 heteroatoms. The Labute approximate surface area is 173 Å². The zero-order chi connectivity index (χ0) is 20.8. The molecule has 6 rings (SSSR count). The molecule has 3 N–H and O–H groups in total. The second kappa shape index (κ2) is 5.79. The molecule has 1 unspecified atom stereocenters. The van der Waals surface area contributed by atoms with E-state index in [2.05, 4.69) is 0 Å². The van der Waals surface area contributed by atoms with Gasteiger partial charge >= 0.3 is 0 Å². The number of benzene rings is 1. The highest BCUT2D eigenvalue weighted by Crippen LogP contribution is 2.43. The monoisotopic (exact) mass is 401 g/mol. The number of carbonyl (C=O) groups excluding carboxylic acids is 1. The summed E-state index contributed by atoms with van der Waals surface area (Å²) in [6, 6.07) is 5.71. The lowest BCUT2D eigenvalue weighted by Crippen LogP contribution is -2.43. The van der Waals surface area contributed by atoms with Crippen LogP contribution in [0.1, 0.15) is 54.0 Å². The number of nitrogens with zero attached hydrogens (tertiary/aromatic N) is 2. The van der Waals surface area contributed by atoms with Crippen LogP contribution in [0.25, 0.3) is 22.3 Å². The largest absolute Gasteiger partial charge is 0.398 e. The molecule has 0 spiro atoms. The van der Waals surface area contributed by atoms with Crippen LogP contribution in [0.3, 0.4) is 0 Å². The van der Waals surface area contributed by atoms with Crippen molar-refractivity contribution in [2.45, 2.75) is 57.6 Å². The number of rotatable bonds is 1. The average molecular weight is 401 g/mol. The van der Waals surface area contributed by atoms with Crippen molar-refractivity contribution in [3.05, 3.63) is 56.4 Å². The lowest BCUT2D eigenvalue weighted by molar-refractivity contribution is -0.140. The third-order valence-corrected chi connectivity index (χ3v) is 7.34. The minimum absolute atomic E-state index is 0.105. The fourth-order valence-electron chi connectivity index (χ4n) is 5.73. The van der Waals surface area contributed by atoms with Crippen LogP contribution in [0.5, 0.6) is 0 Å². The van der Waals surface area contributed by atoms with Crippen LogP contribution in [0.15, 0.2) is 23.0 Å². The normalized spacial score (nSPS) is 21.5. The zero-order valence-corrected chi connectivity index (χ0v) is 16.9. The van der Waals surface area contributed by atoms with Gasteiger partial charge in [-0.1, -0.05) is 6.92 Å². The molecule has 6 nitrogen and oxygen atoms in total. The number of hydrogen-bond acceptors (Lipinski definition) is 5. The smallest absolute Gasteiger partial charge is 0.254 e. The van der Waals surface area contributed by atoms with Crippen molar-refractivity contribution in [3.8, 4) is 11.4 Å². The minimum Gasteiger partial charge on any atom is -0.398 e. The number of Topliss-reactive ketones (excluding diaryl/α,β-unsaturated/α-hetero) is 1. The van der Waals surface area contributed by atoms with E-state index in [0.717, 1.165) is 52.7 Å². The van der Waals surface area contributed by atoms with Gasteiger partial charge in [-0.3, -0.25) is 9.59 Å². The Bertz CT molecular complexity index is 1350. The first-order valence-corrected chi connectivity index (χ1v) is 10.7. The summed E-state index contributed by atoms with van der Waals surface area (Å²) in [6.45, 7) is 2.27. The van der Waals surface area contributed by atoms with Gasteiger partial charge in [-0.15, -0.1) is 0 Å². The highest BCUT2D eigenvalue weighted by molar-refractivity contribution is 5.95. The van der Waals surface area contributed by atoms with E-state index in [4.69, 9.17) is 10.7 Å². The van der Waals surface area contributed by atoms with Gasteiger partial charge in [-0.05, 0) is 61.4 Å². The van der Waals surface area contributed by atoms with E-state index in [0.29, 0.717) is 29.8 Å². The summed E-state index contributed by atoms with van der Waals surface area (Å²) < 4.78 is 1.77. The molecule has 1 aromatic carbocycles. The molecular formula is C24H23N3O3. The standard InChI is InChI=1S/C24H23N3O3/c1-2-24(30)16-10-19-22-15(11-27(19)23(29)13(16)6-9-20(24)28)12-4-3-5-14-17(25)7-8-18(26-22)21(12)14/h7-8,10,30H,2-6,9,11,25H2,1H3. The molecule has 3 aliphatic rings. The van der Waals surface area contributed by atoms with E-state index >= 15 is 0 Å².